The molecule has 0 fully saturated rings. The maximum atomic E-state index is 10.8. The number of hydrogen-bond donors (Lipinski definition) is 0. The second-order valence-electron chi connectivity index (χ2n) is 5.79. The van der Waals surface area contributed by atoms with Gasteiger partial charge in [0.1, 0.15) is 0 Å². The van der Waals surface area contributed by atoms with Crippen LogP contribution in [0.1, 0.15) is 36.0 Å². The molecule has 96 valence electrons. The van der Waals surface area contributed by atoms with Crippen LogP contribution in [0.3, 0.4) is 0 Å². The molecule has 0 aliphatic carbocycles. The van der Waals surface area contributed by atoms with Crippen molar-refractivity contribution in [2.24, 2.45) is 0 Å². The van der Waals surface area contributed by atoms with E-state index in [1.807, 2.05) is 11.4 Å². The van der Waals surface area contributed by atoms with Gasteiger partial charge in [0.2, 0.25) is 0 Å². The zero-order valence-corrected chi connectivity index (χ0v) is 13.2. The molecule has 1 heterocycles. The molecule has 0 atom stereocenters. The first-order valence-corrected chi connectivity index (χ1v) is 9.72. The minimum absolute atomic E-state index is 0.245. The molecule has 0 spiro atoms. The maximum Gasteiger partial charge on any atom is 0.191 e. The van der Waals surface area contributed by atoms with Crippen molar-refractivity contribution in [1.82, 2.24) is 0 Å². The van der Waals surface area contributed by atoms with Crippen LogP contribution in [0.4, 0.5) is 0 Å². The van der Waals surface area contributed by atoms with E-state index in [1.54, 1.807) is 0 Å². The van der Waals surface area contributed by atoms with E-state index in [1.165, 1.54) is 11.3 Å². The van der Waals surface area contributed by atoms with E-state index in [9.17, 15) is 4.79 Å². The molecular weight excluding hydrogens is 248 g/mol. The summed E-state index contributed by atoms with van der Waals surface area (Å²) in [6.45, 7) is 11.9. The smallest absolute Gasteiger partial charge is 0.191 e. The summed E-state index contributed by atoms with van der Waals surface area (Å²) in [5.74, 6) is 0. The van der Waals surface area contributed by atoms with Gasteiger partial charge in [-0.05, 0) is 41.6 Å². The Kier molecular flexibility index (Phi) is 4.69. The first kappa shape index (κ1) is 14.6. The Morgan fingerprint density at radius 3 is 2.59 bits per heavy atom. The van der Waals surface area contributed by atoms with Gasteiger partial charge in [-0.25, -0.2) is 0 Å². The first-order valence-electron chi connectivity index (χ1n) is 5.93. The Hall–Kier alpha value is -0.453. The van der Waals surface area contributed by atoms with Crippen LogP contribution in [-0.2, 0) is 10.8 Å². The third-order valence-corrected chi connectivity index (χ3v) is 8.95. The van der Waals surface area contributed by atoms with Crippen LogP contribution in [0.2, 0.25) is 18.1 Å². The highest BCUT2D eigenvalue weighted by Gasteiger charge is 2.36. The van der Waals surface area contributed by atoms with Crippen molar-refractivity contribution in [1.29, 1.82) is 0 Å². The van der Waals surface area contributed by atoms with Crippen LogP contribution in [-0.4, -0.2) is 21.2 Å². The fourth-order valence-electron chi connectivity index (χ4n) is 1.29. The monoisotopic (exact) mass is 270 g/mol. The van der Waals surface area contributed by atoms with Gasteiger partial charge in [0.25, 0.3) is 0 Å². The van der Waals surface area contributed by atoms with Crippen molar-refractivity contribution in [3.8, 4) is 0 Å². The lowest BCUT2D eigenvalue weighted by molar-refractivity contribution is 0.112. The van der Waals surface area contributed by atoms with Crippen LogP contribution in [0.5, 0.6) is 0 Å². The summed E-state index contributed by atoms with van der Waals surface area (Å²) in [6.07, 6.45) is 1.77. The second kappa shape index (κ2) is 5.46. The lowest BCUT2D eigenvalue weighted by Crippen LogP contribution is -2.41. The van der Waals surface area contributed by atoms with Gasteiger partial charge in [-0.3, -0.25) is 4.79 Å². The van der Waals surface area contributed by atoms with Crippen LogP contribution >= 0.6 is 11.3 Å². The molecule has 0 N–H and O–H groups in total. The highest BCUT2D eigenvalue weighted by molar-refractivity contribution is 7.11. The summed E-state index contributed by atoms with van der Waals surface area (Å²) in [4.78, 5) is 11.6. The number of carbonyl (C=O) groups excluding carboxylic acids is 1. The van der Waals surface area contributed by atoms with E-state index in [0.717, 1.165) is 23.1 Å². The molecule has 0 aromatic carbocycles. The van der Waals surface area contributed by atoms with Gasteiger partial charge >= 0.3 is 0 Å². The molecule has 0 aliphatic rings. The number of thiophene rings is 1. The molecular formula is C13H22O2SSi. The van der Waals surface area contributed by atoms with Crippen LogP contribution in [0.15, 0.2) is 11.4 Å². The van der Waals surface area contributed by atoms with Gasteiger partial charge < -0.3 is 4.43 Å². The van der Waals surface area contributed by atoms with Gasteiger partial charge in [-0.15, -0.1) is 11.3 Å². The number of aldehydes is 1. The molecule has 0 saturated carbocycles. The summed E-state index contributed by atoms with van der Waals surface area (Å²) < 4.78 is 6.09. The van der Waals surface area contributed by atoms with Crippen molar-refractivity contribution >= 4 is 25.9 Å². The third-order valence-electron chi connectivity index (χ3n) is 3.53. The van der Waals surface area contributed by atoms with E-state index in [-0.39, 0.29) is 5.04 Å². The Labute approximate surface area is 109 Å². The summed E-state index contributed by atoms with van der Waals surface area (Å²) in [5.41, 5.74) is 1.11. The lowest BCUT2D eigenvalue weighted by atomic mass is 10.2. The maximum absolute atomic E-state index is 10.8. The molecule has 1 aromatic rings. The summed E-state index contributed by atoms with van der Waals surface area (Å²) in [6, 6.07) is 2.02. The standard InChI is InChI=1S/C13H22O2SSi/c1-13(2,3)17(4,5)15-8-6-11-7-9-16-12(11)10-14/h7,9-10H,6,8H2,1-5H3. The largest absolute Gasteiger partial charge is 0.416 e. The number of carbonyl (C=O) groups is 1. The number of hydrogen-bond acceptors (Lipinski definition) is 3. The van der Waals surface area contributed by atoms with Gasteiger partial charge in [0.15, 0.2) is 14.6 Å². The van der Waals surface area contributed by atoms with Crippen LogP contribution < -0.4 is 0 Å². The van der Waals surface area contributed by atoms with E-state index >= 15 is 0 Å². The highest BCUT2D eigenvalue weighted by atomic mass is 32.1. The van der Waals surface area contributed by atoms with E-state index < -0.39 is 8.32 Å². The molecule has 4 heteroatoms. The average molecular weight is 270 g/mol. The Morgan fingerprint density at radius 1 is 1.41 bits per heavy atom. The minimum atomic E-state index is -1.65. The fourth-order valence-corrected chi connectivity index (χ4v) is 3.09. The molecule has 0 bridgehead atoms. The molecule has 0 amide bonds. The summed E-state index contributed by atoms with van der Waals surface area (Å²) in [7, 11) is -1.65. The minimum Gasteiger partial charge on any atom is -0.416 e. The van der Waals surface area contributed by atoms with Gasteiger partial charge in [0, 0.05) is 6.61 Å². The fraction of sp³-hybridized carbons (Fsp3) is 0.615. The zero-order chi connectivity index (χ0) is 13.1. The first-order chi connectivity index (χ1) is 7.78. The van der Waals surface area contributed by atoms with E-state index in [2.05, 4.69) is 33.9 Å². The van der Waals surface area contributed by atoms with E-state index in [4.69, 9.17) is 4.43 Å². The van der Waals surface area contributed by atoms with Gasteiger partial charge in [-0.2, -0.15) is 0 Å². The summed E-state index contributed by atoms with van der Waals surface area (Å²) in [5, 5.41) is 2.21. The third kappa shape index (κ3) is 3.76. The quantitative estimate of drug-likeness (QED) is 0.594. The van der Waals surface area contributed by atoms with Crippen molar-refractivity contribution in [2.45, 2.75) is 45.3 Å². The average Bonchev–Trinajstić information content (AvgIpc) is 2.63. The van der Waals surface area contributed by atoms with Crippen molar-refractivity contribution in [3.05, 3.63) is 21.9 Å². The summed E-state index contributed by atoms with van der Waals surface area (Å²) >= 11 is 1.50. The molecule has 0 saturated heterocycles. The van der Waals surface area contributed by atoms with Crippen LogP contribution in [0, 0.1) is 0 Å². The molecule has 1 rings (SSSR count). The highest BCUT2D eigenvalue weighted by Crippen LogP contribution is 2.36. The second-order valence-corrected chi connectivity index (χ2v) is 11.5. The molecule has 17 heavy (non-hydrogen) atoms. The SMILES string of the molecule is CC(C)(C)[Si](C)(C)OCCc1ccsc1C=O. The zero-order valence-electron chi connectivity index (χ0n) is 11.4. The van der Waals surface area contributed by atoms with E-state index in [0.29, 0.717) is 6.61 Å². The molecule has 0 aliphatic heterocycles. The molecule has 2 nitrogen and oxygen atoms in total. The molecule has 1 aromatic heterocycles. The van der Waals surface area contributed by atoms with Crippen LogP contribution in [0.25, 0.3) is 0 Å². The topological polar surface area (TPSA) is 26.3 Å². The predicted molar refractivity (Wildman–Crippen MR) is 76.6 cm³/mol. The lowest BCUT2D eigenvalue weighted by Gasteiger charge is -2.36. The Bertz CT molecular complexity index is 377. The van der Waals surface area contributed by atoms with Gasteiger partial charge in [-0.1, -0.05) is 20.8 Å². The van der Waals surface area contributed by atoms with Crippen molar-refractivity contribution < 1.29 is 9.22 Å². The molecule has 0 radical (unpaired) electrons. The Morgan fingerprint density at radius 2 is 2.06 bits per heavy atom. The van der Waals surface area contributed by atoms with Crippen molar-refractivity contribution in [2.75, 3.05) is 6.61 Å². The van der Waals surface area contributed by atoms with Gasteiger partial charge in [0.05, 0.1) is 4.88 Å². The van der Waals surface area contributed by atoms with Crippen molar-refractivity contribution in [3.63, 3.8) is 0 Å². The molecule has 0 unspecified atom stereocenters. The number of rotatable bonds is 5. The predicted octanol–water partition coefficient (Wildman–Crippen LogP) is 4.12. The normalized spacial score (nSPS) is 12.8. The Balaban J connectivity index is 2.51.